The normalized spacial score (nSPS) is 24.1. The minimum Gasteiger partial charge on any atom is -0.449 e. The molecule has 3 heterocycles. The maximum Gasteiger partial charge on any atom is 0.407 e. The summed E-state index contributed by atoms with van der Waals surface area (Å²) in [5, 5.41) is 10.9. The second-order valence-corrected chi connectivity index (χ2v) is 6.14. The van der Waals surface area contributed by atoms with Gasteiger partial charge in [0, 0.05) is 18.0 Å². The molecule has 1 amide bonds. The average Bonchev–Trinajstić information content (AvgIpc) is 3.03. The molecule has 0 unspecified atom stereocenters. The number of cyclic esters (lactones) is 1. The Morgan fingerprint density at radius 3 is 3.17 bits per heavy atom. The number of nitrogens with one attached hydrogen (secondary N) is 1. The van der Waals surface area contributed by atoms with E-state index in [0.717, 1.165) is 19.5 Å². The smallest absolute Gasteiger partial charge is 0.407 e. The number of hydrogen-bond donors (Lipinski definition) is 1. The number of rotatable bonds is 3. The fourth-order valence-corrected chi connectivity index (χ4v) is 3.20. The molecule has 1 N–H and O–H groups in total. The minimum absolute atomic E-state index is 0.0885. The molecule has 0 bridgehead atoms. The van der Waals surface area contributed by atoms with E-state index < -0.39 is 0 Å². The highest BCUT2D eigenvalue weighted by Gasteiger charge is 2.35. The first-order valence-electron chi connectivity index (χ1n) is 7.91. The molecule has 0 saturated carbocycles. The zero-order valence-corrected chi connectivity index (χ0v) is 12.9. The lowest BCUT2D eigenvalue weighted by atomic mass is 9.91. The van der Waals surface area contributed by atoms with Gasteiger partial charge in [-0.15, -0.1) is 10.2 Å². The van der Waals surface area contributed by atoms with Gasteiger partial charge in [0.15, 0.2) is 0 Å². The van der Waals surface area contributed by atoms with Gasteiger partial charge >= 0.3 is 6.09 Å². The van der Waals surface area contributed by atoms with Gasteiger partial charge in [-0.3, -0.25) is 4.90 Å². The van der Waals surface area contributed by atoms with Gasteiger partial charge in [-0.2, -0.15) is 0 Å². The zero-order valence-electron chi connectivity index (χ0n) is 12.9. The second-order valence-electron chi connectivity index (χ2n) is 6.14. The third-order valence-corrected chi connectivity index (χ3v) is 4.47. The lowest BCUT2D eigenvalue weighted by molar-refractivity contribution is 0.0357. The zero-order chi connectivity index (χ0) is 16.5. The van der Waals surface area contributed by atoms with Gasteiger partial charge in [0.2, 0.25) is 11.8 Å². The molecule has 4 rings (SSSR count). The molecular formula is C16H17FN4O3. The van der Waals surface area contributed by atoms with E-state index in [1.165, 1.54) is 12.1 Å². The topological polar surface area (TPSA) is 80.5 Å². The van der Waals surface area contributed by atoms with E-state index in [1.54, 1.807) is 12.1 Å². The van der Waals surface area contributed by atoms with E-state index in [2.05, 4.69) is 20.4 Å². The first-order chi connectivity index (χ1) is 11.7. The van der Waals surface area contributed by atoms with Crippen LogP contribution in [0.15, 0.2) is 28.7 Å². The van der Waals surface area contributed by atoms with E-state index in [-0.39, 0.29) is 18.0 Å². The number of alkyl carbamates (subject to hydrolysis) is 1. The summed E-state index contributed by atoms with van der Waals surface area (Å²) in [6.45, 7) is 2.58. The highest BCUT2D eigenvalue weighted by molar-refractivity contribution is 5.68. The second kappa shape index (κ2) is 6.20. The molecule has 0 aliphatic carbocycles. The molecule has 0 spiro atoms. The number of aromatic nitrogens is 2. The highest BCUT2D eigenvalue weighted by atomic mass is 19.1. The molecule has 0 radical (unpaired) electrons. The number of nitrogens with zero attached hydrogens (tertiary/aromatic N) is 3. The predicted octanol–water partition coefficient (Wildman–Crippen LogP) is 1.81. The van der Waals surface area contributed by atoms with E-state index in [9.17, 15) is 9.18 Å². The first kappa shape index (κ1) is 15.1. The Hall–Kier alpha value is -2.48. The van der Waals surface area contributed by atoms with Crippen LogP contribution in [-0.4, -0.2) is 46.9 Å². The van der Waals surface area contributed by atoms with Crippen molar-refractivity contribution in [3.63, 3.8) is 0 Å². The fraction of sp³-hybridized carbons (Fsp3) is 0.438. The number of halogens is 1. The van der Waals surface area contributed by atoms with Crippen molar-refractivity contribution in [3.8, 4) is 11.5 Å². The minimum atomic E-state index is -0.357. The number of carbonyl (C=O) groups excluding carboxylic acids is 1. The number of amides is 1. The SMILES string of the molecule is O=C1N[C@H]2CN(Cc3nnc(-c4cccc(F)c4)o3)CC[C@@H]2CO1. The van der Waals surface area contributed by atoms with E-state index in [1.807, 2.05) is 0 Å². The van der Waals surface area contributed by atoms with E-state index in [0.29, 0.717) is 36.4 Å². The molecule has 1 aromatic carbocycles. The van der Waals surface area contributed by atoms with Crippen molar-refractivity contribution in [2.45, 2.75) is 19.0 Å². The Kier molecular flexibility index (Phi) is 3.89. The number of hydrogen-bond acceptors (Lipinski definition) is 6. The number of likely N-dealkylation sites (tertiary alicyclic amines) is 1. The van der Waals surface area contributed by atoms with Crippen molar-refractivity contribution in [2.75, 3.05) is 19.7 Å². The number of fused-ring (bicyclic) bond motifs is 1. The summed E-state index contributed by atoms with van der Waals surface area (Å²) < 4.78 is 23.9. The average molecular weight is 332 g/mol. The summed E-state index contributed by atoms with van der Waals surface area (Å²) >= 11 is 0. The number of carbonyl (C=O) groups is 1. The van der Waals surface area contributed by atoms with Gasteiger partial charge in [0.25, 0.3) is 0 Å². The van der Waals surface area contributed by atoms with Crippen molar-refractivity contribution >= 4 is 6.09 Å². The van der Waals surface area contributed by atoms with Gasteiger partial charge in [-0.1, -0.05) is 6.07 Å². The lowest BCUT2D eigenvalue weighted by Gasteiger charge is -2.40. The summed E-state index contributed by atoms with van der Waals surface area (Å²) in [7, 11) is 0. The number of benzene rings is 1. The van der Waals surface area contributed by atoms with Crippen LogP contribution in [0.3, 0.4) is 0 Å². The van der Waals surface area contributed by atoms with Crippen molar-refractivity contribution in [3.05, 3.63) is 36.0 Å². The molecule has 126 valence electrons. The number of ether oxygens (including phenoxy) is 1. The van der Waals surface area contributed by atoms with Crippen LogP contribution >= 0.6 is 0 Å². The Morgan fingerprint density at radius 1 is 1.38 bits per heavy atom. The van der Waals surface area contributed by atoms with Crippen molar-refractivity contribution in [1.82, 2.24) is 20.4 Å². The summed E-state index contributed by atoms with van der Waals surface area (Å²) in [5.74, 6) is 0.791. The highest BCUT2D eigenvalue weighted by Crippen LogP contribution is 2.24. The molecule has 2 saturated heterocycles. The third kappa shape index (κ3) is 3.09. The van der Waals surface area contributed by atoms with Crippen LogP contribution in [0.25, 0.3) is 11.5 Å². The van der Waals surface area contributed by atoms with Crippen molar-refractivity contribution in [2.24, 2.45) is 5.92 Å². The van der Waals surface area contributed by atoms with Gasteiger partial charge in [-0.05, 0) is 31.2 Å². The van der Waals surface area contributed by atoms with Crippen LogP contribution in [0, 0.1) is 11.7 Å². The molecule has 2 atom stereocenters. The van der Waals surface area contributed by atoms with Crippen molar-refractivity contribution < 1.29 is 18.3 Å². The molecule has 2 fully saturated rings. The number of piperidine rings is 1. The largest absolute Gasteiger partial charge is 0.449 e. The Bertz CT molecular complexity index is 750. The Morgan fingerprint density at radius 2 is 2.29 bits per heavy atom. The molecule has 2 aliphatic heterocycles. The molecule has 8 heteroatoms. The lowest BCUT2D eigenvalue weighted by Crippen LogP contribution is -2.57. The van der Waals surface area contributed by atoms with Gasteiger partial charge in [0.1, 0.15) is 5.82 Å². The van der Waals surface area contributed by atoms with Crippen molar-refractivity contribution in [1.29, 1.82) is 0 Å². The standard InChI is InChI=1S/C16H17FN4O3/c17-12-3-1-2-10(6-12)15-20-19-14(24-15)8-21-5-4-11-9-23-16(22)18-13(11)7-21/h1-3,6,11,13H,4-5,7-9H2,(H,18,22)/t11-,13+/m1/s1. The maximum absolute atomic E-state index is 13.3. The third-order valence-electron chi connectivity index (χ3n) is 4.47. The van der Waals surface area contributed by atoms with Crippen LogP contribution in [-0.2, 0) is 11.3 Å². The maximum atomic E-state index is 13.3. The first-order valence-corrected chi connectivity index (χ1v) is 7.91. The van der Waals surface area contributed by atoms with Gasteiger partial charge in [0.05, 0.1) is 19.2 Å². The molecule has 1 aromatic heterocycles. The Labute approximate surface area is 137 Å². The molecule has 7 nitrogen and oxygen atoms in total. The van der Waals surface area contributed by atoms with Crippen LogP contribution < -0.4 is 5.32 Å². The van der Waals surface area contributed by atoms with E-state index in [4.69, 9.17) is 9.15 Å². The Balaban J connectivity index is 1.42. The van der Waals surface area contributed by atoms with Crippen LogP contribution in [0.1, 0.15) is 12.3 Å². The summed E-state index contributed by atoms with van der Waals surface area (Å²) in [5.41, 5.74) is 0.559. The summed E-state index contributed by atoms with van der Waals surface area (Å²) in [6.07, 6.45) is 0.583. The quantitative estimate of drug-likeness (QED) is 0.923. The fourth-order valence-electron chi connectivity index (χ4n) is 3.20. The van der Waals surface area contributed by atoms with Crippen LogP contribution in [0.5, 0.6) is 0 Å². The van der Waals surface area contributed by atoms with E-state index >= 15 is 0 Å². The van der Waals surface area contributed by atoms with Crippen LogP contribution in [0.4, 0.5) is 9.18 Å². The van der Waals surface area contributed by atoms with Gasteiger partial charge < -0.3 is 14.5 Å². The molecular weight excluding hydrogens is 315 g/mol. The van der Waals surface area contributed by atoms with Gasteiger partial charge in [-0.25, -0.2) is 9.18 Å². The molecule has 2 aromatic rings. The molecule has 24 heavy (non-hydrogen) atoms. The predicted molar refractivity (Wildman–Crippen MR) is 81.3 cm³/mol. The summed E-state index contributed by atoms with van der Waals surface area (Å²) in [4.78, 5) is 13.5. The molecule has 2 aliphatic rings. The monoisotopic (exact) mass is 332 g/mol. The summed E-state index contributed by atoms with van der Waals surface area (Å²) in [6, 6.07) is 6.15. The van der Waals surface area contributed by atoms with Crippen LogP contribution in [0.2, 0.25) is 0 Å².